The number of piperidine rings is 1. The Morgan fingerprint density at radius 3 is 2.26 bits per heavy atom. The van der Waals surface area contributed by atoms with Gasteiger partial charge < -0.3 is 9.80 Å². The van der Waals surface area contributed by atoms with Crippen molar-refractivity contribution in [3.8, 4) is 0 Å². The summed E-state index contributed by atoms with van der Waals surface area (Å²) in [6, 6.07) is 8.18. The van der Waals surface area contributed by atoms with E-state index in [1.165, 1.54) is 12.8 Å². The molecule has 0 atom stereocenters. The van der Waals surface area contributed by atoms with E-state index in [0.29, 0.717) is 5.92 Å². The third-order valence-electron chi connectivity index (χ3n) is 5.67. The van der Waals surface area contributed by atoms with E-state index in [2.05, 4.69) is 42.3 Å². The molecule has 3 aromatic heterocycles. The minimum absolute atomic E-state index is 0.371. The molecule has 0 radical (unpaired) electrons. The molecule has 0 bridgehead atoms. The predicted molar refractivity (Wildman–Crippen MR) is 103 cm³/mol. The minimum Gasteiger partial charge on any atom is -0.355 e. The molecule has 0 amide bonds. The number of hydrogen-bond acceptors (Lipinski definition) is 7. The molecule has 2 aliphatic heterocycles. The summed E-state index contributed by atoms with van der Waals surface area (Å²) >= 11 is 0. The highest BCUT2D eigenvalue weighted by molar-refractivity contribution is 5.46. The summed E-state index contributed by atoms with van der Waals surface area (Å²) in [4.78, 5) is 4.65. The Hall–Kier alpha value is -2.77. The van der Waals surface area contributed by atoms with Crippen LogP contribution in [0.2, 0.25) is 0 Å². The Kier molecular flexibility index (Phi) is 4.10. The van der Waals surface area contributed by atoms with Crippen molar-refractivity contribution in [2.24, 2.45) is 0 Å². The van der Waals surface area contributed by atoms with Gasteiger partial charge in [-0.1, -0.05) is 0 Å². The monoisotopic (exact) mass is 364 g/mol. The van der Waals surface area contributed by atoms with Crippen LogP contribution >= 0.6 is 0 Å². The van der Waals surface area contributed by atoms with Crippen LogP contribution in [0.4, 0.5) is 11.6 Å². The topological polar surface area (TPSA) is 75.3 Å². The summed E-state index contributed by atoms with van der Waals surface area (Å²) in [5, 5.41) is 22.2. The van der Waals surface area contributed by atoms with Gasteiger partial charge in [0.05, 0.1) is 5.69 Å². The van der Waals surface area contributed by atoms with Crippen LogP contribution in [0, 0.1) is 6.92 Å². The van der Waals surface area contributed by atoms with Crippen molar-refractivity contribution in [2.75, 3.05) is 36.0 Å². The predicted octanol–water partition coefficient (Wildman–Crippen LogP) is 2.21. The number of anilines is 2. The van der Waals surface area contributed by atoms with Gasteiger partial charge in [-0.15, -0.1) is 20.4 Å². The lowest BCUT2D eigenvalue weighted by Crippen LogP contribution is -2.34. The van der Waals surface area contributed by atoms with Gasteiger partial charge in [-0.3, -0.25) is 0 Å². The molecule has 0 spiro atoms. The zero-order valence-electron chi connectivity index (χ0n) is 15.6. The SMILES string of the molecule is Cc1ccc(N2CCC(c3nnc4ccc(N5CCCC5)nn34)CC2)nn1. The fourth-order valence-electron chi connectivity index (χ4n) is 4.09. The van der Waals surface area contributed by atoms with Gasteiger partial charge in [0.1, 0.15) is 5.82 Å². The zero-order valence-corrected chi connectivity index (χ0v) is 15.6. The molecule has 0 unspecified atom stereocenters. The maximum atomic E-state index is 4.86. The average molecular weight is 364 g/mol. The van der Waals surface area contributed by atoms with Crippen molar-refractivity contribution in [1.29, 1.82) is 0 Å². The molecule has 2 fully saturated rings. The number of hydrogen-bond donors (Lipinski definition) is 0. The second kappa shape index (κ2) is 6.75. The first-order valence-electron chi connectivity index (χ1n) is 9.80. The fourth-order valence-corrected chi connectivity index (χ4v) is 4.09. The van der Waals surface area contributed by atoms with Crippen LogP contribution in [-0.2, 0) is 0 Å². The summed E-state index contributed by atoms with van der Waals surface area (Å²) in [5.41, 5.74) is 1.78. The summed E-state index contributed by atoms with van der Waals surface area (Å²) in [6.07, 6.45) is 4.53. The van der Waals surface area contributed by atoms with Gasteiger partial charge in [-0.2, -0.15) is 9.61 Å². The maximum Gasteiger partial charge on any atom is 0.178 e. The molecule has 0 N–H and O–H groups in total. The van der Waals surface area contributed by atoms with Crippen LogP contribution in [0.3, 0.4) is 0 Å². The van der Waals surface area contributed by atoms with Crippen molar-refractivity contribution >= 4 is 17.3 Å². The Morgan fingerprint density at radius 1 is 0.778 bits per heavy atom. The smallest absolute Gasteiger partial charge is 0.178 e. The molecule has 0 saturated carbocycles. The minimum atomic E-state index is 0.371. The zero-order chi connectivity index (χ0) is 18.2. The molecule has 3 aromatic rings. The molecule has 27 heavy (non-hydrogen) atoms. The van der Waals surface area contributed by atoms with Gasteiger partial charge in [-0.25, -0.2) is 0 Å². The van der Waals surface area contributed by atoms with Crippen molar-refractivity contribution in [3.63, 3.8) is 0 Å². The van der Waals surface area contributed by atoms with Crippen molar-refractivity contribution in [3.05, 3.63) is 35.8 Å². The van der Waals surface area contributed by atoms with Crippen LogP contribution < -0.4 is 9.80 Å². The van der Waals surface area contributed by atoms with Gasteiger partial charge >= 0.3 is 0 Å². The quantitative estimate of drug-likeness (QED) is 0.705. The second-order valence-corrected chi connectivity index (χ2v) is 7.51. The average Bonchev–Trinajstić information content (AvgIpc) is 3.38. The van der Waals surface area contributed by atoms with E-state index in [1.807, 2.05) is 23.6 Å². The summed E-state index contributed by atoms with van der Waals surface area (Å²) < 4.78 is 1.96. The molecular weight excluding hydrogens is 340 g/mol. The lowest BCUT2D eigenvalue weighted by Gasteiger charge is -2.31. The maximum absolute atomic E-state index is 4.86. The highest BCUT2D eigenvalue weighted by Crippen LogP contribution is 2.29. The number of aryl methyl sites for hydroxylation is 1. The van der Waals surface area contributed by atoms with E-state index in [9.17, 15) is 0 Å². The van der Waals surface area contributed by atoms with Crippen molar-refractivity contribution in [2.45, 2.75) is 38.5 Å². The molecule has 5 rings (SSSR count). The Balaban J connectivity index is 1.35. The third kappa shape index (κ3) is 3.09. The second-order valence-electron chi connectivity index (χ2n) is 7.51. The number of aromatic nitrogens is 6. The van der Waals surface area contributed by atoms with Gasteiger partial charge in [0.15, 0.2) is 17.3 Å². The number of fused-ring (bicyclic) bond motifs is 1. The fraction of sp³-hybridized carbons (Fsp3) is 0.526. The molecule has 8 nitrogen and oxygen atoms in total. The van der Waals surface area contributed by atoms with Crippen LogP contribution in [0.25, 0.3) is 5.65 Å². The molecular formula is C19H24N8. The van der Waals surface area contributed by atoms with E-state index >= 15 is 0 Å². The largest absolute Gasteiger partial charge is 0.355 e. The van der Waals surface area contributed by atoms with Gasteiger partial charge in [0, 0.05) is 32.1 Å². The van der Waals surface area contributed by atoms with Crippen molar-refractivity contribution < 1.29 is 0 Å². The summed E-state index contributed by atoms with van der Waals surface area (Å²) in [5.74, 6) is 3.35. The normalized spacial score (nSPS) is 18.6. The number of rotatable bonds is 3. The molecule has 140 valence electrons. The summed E-state index contributed by atoms with van der Waals surface area (Å²) in [7, 11) is 0. The van der Waals surface area contributed by atoms with Crippen LogP contribution in [0.5, 0.6) is 0 Å². The molecule has 0 aliphatic carbocycles. The van der Waals surface area contributed by atoms with Crippen molar-refractivity contribution in [1.82, 2.24) is 30.0 Å². The highest BCUT2D eigenvalue weighted by atomic mass is 15.4. The Morgan fingerprint density at radius 2 is 1.52 bits per heavy atom. The molecule has 0 aromatic carbocycles. The molecule has 2 saturated heterocycles. The Labute approximate surface area is 158 Å². The van der Waals surface area contributed by atoms with Gasteiger partial charge in [-0.05, 0) is 56.9 Å². The summed E-state index contributed by atoms with van der Waals surface area (Å²) in [6.45, 7) is 6.03. The van der Waals surface area contributed by atoms with E-state index in [4.69, 9.17) is 5.10 Å². The standard InChI is InChI=1S/C19H24N8/c1-14-4-5-16(21-20-14)26-12-8-15(9-13-26)19-23-22-17-6-7-18(24-27(17)19)25-10-2-3-11-25/h4-7,15H,2-3,8-13H2,1H3. The molecule has 8 heteroatoms. The highest BCUT2D eigenvalue weighted by Gasteiger charge is 2.26. The first-order chi connectivity index (χ1) is 13.3. The molecule has 5 heterocycles. The van der Waals surface area contributed by atoms with Crippen LogP contribution in [-0.4, -0.2) is 56.2 Å². The first-order valence-corrected chi connectivity index (χ1v) is 9.80. The van der Waals surface area contributed by atoms with E-state index in [0.717, 1.165) is 67.8 Å². The first kappa shape index (κ1) is 16.4. The van der Waals surface area contributed by atoms with Gasteiger partial charge in [0.25, 0.3) is 0 Å². The lowest BCUT2D eigenvalue weighted by molar-refractivity contribution is 0.474. The van der Waals surface area contributed by atoms with Crippen LogP contribution in [0.15, 0.2) is 24.3 Å². The third-order valence-corrected chi connectivity index (χ3v) is 5.67. The molecule has 2 aliphatic rings. The number of nitrogens with zero attached hydrogens (tertiary/aromatic N) is 8. The van der Waals surface area contributed by atoms with Crippen LogP contribution in [0.1, 0.15) is 43.1 Å². The van der Waals surface area contributed by atoms with E-state index in [1.54, 1.807) is 0 Å². The van der Waals surface area contributed by atoms with E-state index < -0.39 is 0 Å². The lowest BCUT2D eigenvalue weighted by atomic mass is 9.96. The Bertz CT molecular complexity index is 921. The van der Waals surface area contributed by atoms with Gasteiger partial charge in [0.2, 0.25) is 0 Å². The van der Waals surface area contributed by atoms with E-state index in [-0.39, 0.29) is 0 Å².